The molecule has 0 bridgehead atoms. The van der Waals surface area contributed by atoms with Crippen LogP contribution in [0, 0.1) is 0 Å². The van der Waals surface area contributed by atoms with Crippen molar-refractivity contribution in [2.45, 2.75) is 42.8 Å². The van der Waals surface area contributed by atoms with E-state index in [1.807, 2.05) is 72.8 Å². The number of nitrogens with zero attached hydrogens (tertiary/aromatic N) is 1. The number of quaternary nitrogens is 1. The Morgan fingerprint density at radius 2 is 1.46 bits per heavy atom. The average molecular weight is 661 g/mol. The van der Waals surface area contributed by atoms with Gasteiger partial charge in [0.25, 0.3) is 0 Å². The number of rotatable bonds is 12. The SMILES string of the molecule is CCN(Cc1ccccc1)c1ccc(C(=C2C=CC([NH+](CC)Cc3ccccc3)C=C2)c2ccc(S[O-])cc2S(=O)(=O)[O-])cc1.[Na+]. The Labute approximate surface area is 299 Å². The number of likely N-dealkylation sites (N-methyl/N-ethyl adjacent to an activating group) is 1. The summed E-state index contributed by atoms with van der Waals surface area (Å²) in [6.07, 6.45) is 8.30. The molecular formula is C37H37N2NaO4S2. The quantitative estimate of drug-likeness (QED) is 0.143. The van der Waals surface area contributed by atoms with Crippen molar-refractivity contribution in [2.24, 2.45) is 0 Å². The molecule has 6 nitrogen and oxygen atoms in total. The van der Waals surface area contributed by atoms with Gasteiger partial charge in [-0.25, -0.2) is 20.5 Å². The van der Waals surface area contributed by atoms with E-state index in [4.69, 9.17) is 0 Å². The Morgan fingerprint density at radius 3 is 2.00 bits per heavy atom. The van der Waals surface area contributed by atoms with E-state index in [2.05, 4.69) is 55.2 Å². The van der Waals surface area contributed by atoms with Crippen molar-refractivity contribution in [3.63, 3.8) is 0 Å². The summed E-state index contributed by atoms with van der Waals surface area (Å²) in [5, 5.41) is 0. The minimum Gasteiger partial charge on any atom is -0.795 e. The van der Waals surface area contributed by atoms with Gasteiger partial charge in [-0.2, -0.15) is 0 Å². The van der Waals surface area contributed by atoms with E-state index in [1.54, 1.807) is 12.1 Å². The number of anilines is 1. The first-order valence-electron chi connectivity index (χ1n) is 15.1. The molecule has 0 amide bonds. The number of hydrogen-bond acceptors (Lipinski definition) is 6. The van der Waals surface area contributed by atoms with Crippen LogP contribution in [-0.4, -0.2) is 36.7 Å². The molecule has 46 heavy (non-hydrogen) atoms. The van der Waals surface area contributed by atoms with Gasteiger partial charge in [-0.15, -0.1) is 0 Å². The van der Waals surface area contributed by atoms with E-state index < -0.39 is 15.0 Å². The summed E-state index contributed by atoms with van der Waals surface area (Å²) in [7, 11) is -4.88. The van der Waals surface area contributed by atoms with Crippen LogP contribution in [0.15, 0.2) is 143 Å². The third-order valence-electron chi connectivity index (χ3n) is 8.16. The van der Waals surface area contributed by atoms with E-state index in [9.17, 15) is 17.5 Å². The van der Waals surface area contributed by atoms with Crippen LogP contribution >= 0.6 is 12.0 Å². The second-order valence-corrected chi connectivity index (χ2v) is 13.0. The molecule has 1 aliphatic carbocycles. The van der Waals surface area contributed by atoms with Gasteiger partial charge in [0.15, 0.2) is 0 Å². The van der Waals surface area contributed by atoms with Gasteiger partial charge < -0.3 is 18.9 Å². The Hall–Kier alpha value is -2.92. The maximum absolute atomic E-state index is 12.5. The largest absolute Gasteiger partial charge is 1.00 e. The van der Waals surface area contributed by atoms with E-state index >= 15 is 0 Å². The first-order chi connectivity index (χ1) is 21.8. The predicted molar refractivity (Wildman–Crippen MR) is 180 cm³/mol. The van der Waals surface area contributed by atoms with Crippen LogP contribution in [0.5, 0.6) is 0 Å². The zero-order valence-electron chi connectivity index (χ0n) is 26.4. The molecule has 1 atom stereocenters. The number of hydrogen-bond donors (Lipinski definition) is 1. The third-order valence-corrected chi connectivity index (χ3v) is 9.48. The molecule has 4 aromatic carbocycles. The van der Waals surface area contributed by atoms with E-state index in [-0.39, 0.29) is 58.1 Å². The summed E-state index contributed by atoms with van der Waals surface area (Å²) >= 11 is 0.160. The van der Waals surface area contributed by atoms with Gasteiger partial charge in [0.2, 0.25) is 0 Å². The number of benzene rings is 4. The minimum atomic E-state index is -4.88. The van der Waals surface area contributed by atoms with E-state index in [1.165, 1.54) is 22.1 Å². The zero-order valence-corrected chi connectivity index (χ0v) is 30.1. The van der Waals surface area contributed by atoms with E-state index in [0.29, 0.717) is 5.57 Å². The Balaban J connectivity index is 0.00000480. The molecule has 0 spiro atoms. The van der Waals surface area contributed by atoms with Gasteiger partial charge in [0.1, 0.15) is 22.7 Å². The summed E-state index contributed by atoms with van der Waals surface area (Å²) < 4.78 is 49.1. The third kappa shape index (κ3) is 8.91. The molecule has 0 saturated heterocycles. The zero-order chi connectivity index (χ0) is 31.8. The number of allylic oxidation sites excluding steroid dienone is 3. The monoisotopic (exact) mass is 660 g/mol. The molecule has 232 valence electrons. The molecule has 0 aromatic heterocycles. The fraction of sp³-hybridized carbons (Fsp3) is 0.189. The fourth-order valence-corrected chi connectivity index (χ4v) is 6.86. The van der Waals surface area contributed by atoms with Crippen molar-refractivity contribution in [1.82, 2.24) is 0 Å². The topological polar surface area (TPSA) is 87.9 Å². The average Bonchev–Trinajstić information content (AvgIpc) is 3.07. The summed E-state index contributed by atoms with van der Waals surface area (Å²) in [5.74, 6) is 0. The summed E-state index contributed by atoms with van der Waals surface area (Å²) in [4.78, 5) is 3.41. The molecule has 0 fully saturated rings. The van der Waals surface area contributed by atoms with Crippen molar-refractivity contribution >= 4 is 33.4 Å². The predicted octanol–water partition coefficient (Wildman–Crippen LogP) is 3.25. The van der Waals surface area contributed by atoms with Gasteiger partial charge in [-0.05, 0) is 77.4 Å². The van der Waals surface area contributed by atoms with Gasteiger partial charge >= 0.3 is 29.6 Å². The van der Waals surface area contributed by atoms with Crippen molar-refractivity contribution < 1.29 is 52.0 Å². The maximum atomic E-state index is 12.5. The first kappa shape index (κ1) is 35.9. The summed E-state index contributed by atoms with van der Waals surface area (Å²) in [6, 6.07) is 33.1. The Kier molecular flexibility index (Phi) is 13.1. The van der Waals surface area contributed by atoms with Gasteiger partial charge in [-0.3, -0.25) is 0 Å². The van der Waals surface area contributed by atoms with Crippen LogP contribution in [0.1, 0.15) is 36.1 Å². The molecule has 4 aromatic rings. The second kappa shape index (κ2) is 16.8. The maximum Gasteiger partial charge on any atom is 1.00 e. The molecule has 1 unspecified atom stereocenters. The van der Waals surface area contributed by atoms with Crippen LogP contribution in [0.4, 0.5) is 5.69 Å². The first-order valence-corrected chi connectivity index (χ1v) is 17.2. The van der Waals surface area contributed by atoms with Gasteiger partial charge in [0.05, 0.1) is 11.4 Å². The smallest absolute Gasteiger partial charge is 0.795 e. The second-order valence-electron chi connectivity index (χ2n) is 11.0. The molecular weight excluding hydrogens is 624 g/mol. The summed E-state index contributed by atoms with van der Waals surface area (Å²) in [5.41, 5.74) is 5.95. The fourth-order valence-electron chi connectivity index (χ4n) is 5.78. The van der Waals surface area contributed by atoms with Crippen LogP contribution in [0.2, 0.25) is 0 Å². The van der Waals surface area contributed by atoms with E-state index in [0.717, 1.165) is 43.0 Å². The molecule has 9 heteroatoms. The van der Waals surface area contributed by atoms with Crippen LogP contribution < -0.4 is 39.4 Å². The molecule has 5 rings (SSSR count). The van der Waals surface area contributed by atoms with Crippen LogP contribution in [0.25, 0.3) is 5.57 Å². The number of nitrogens with one attached hydrogen (secondary N) is 1. The molecule has 1 aliphatic rings. The molecule has 0 radical (unpaired) electrons. The van der Waals surface area contributed by atoms with Crippen LogP contribution in [0.3, 0.4) is 0 Å². The normalized spacial score (nSPS) is 14.9. The standard InChI is InChI=1S/C37H38N2O4S2.Na/c1-3-38(26-28-11-7-5-8-12-28)32-19-15-30(16-20-32)37(35-24-23-34(44-40)25-36(35)45(41,42)43)31-17-21-33(22-18-31)39(4-2)27-29-13-9-6-10-14-29;/h5-25,32,40H,3-4,26-27H2,1-2H3,(H,41,42,43);/q;+1/p-1. The Morgan fingerprint density at radius 1 is 0.848 bits per heavy atom. The van der Waals surface area contributed by atoms with Crippen molar-refractivity contribution in [3.05, 3.63) is 155 Å². The van der Waals surface area contributed by atoms with Gasteiger partial charge in [-0.1, -0.05) is 91.0 Å². The molecule has 0 saturated carbocycles. The Bertz CT molecular complexity index is 1780. The molecule has 0 aliphatic heterocycles. The van der Waals surface area contributed by atoms with Crippen LogP contribution in [-0.2, 0) is 23.2 Å². The van der Waals surface area contributed by atoms with Crippen molar-refractivity contribution in [1.29, 1.82) is 0 Å². The van der Waals surface area contributed by atoms with Crippen molar-refractivity contribution in [2.75, 3.05) is 18.0 Å². The van der Waals surface area contributed by atoms with Gasteiger partial charge in [0, 0.05) is 29.9 Å². The summed E-state index contributed by atoms with van der Waals surface area (Å²) in [6.45, 7) is 7.62. The van der Waals surface area contributed by atoms with Crippen molar-refractivity contribution in [3.8, 4) is 0 Å². The molecule has 1 N–H and O–H groups in total. The molecule has 0 heterocycles. The minimum absolute atomic E-state index is 0.